The first-order valence-corrected chi connectivity index (χ1v) is 9.74. The maximum Gasteiger partial charge on any atom is 0.272 e. The van der Waals surface area contributed by atoms with Gasteiger partial charge in [0.05, 0.1) is 11.4 Å². The van der Waals surface area contributed by atoms with Crippen molar-refractivity contribution >= 4 is 5.91 Å². The van der Waals surface area contributed by atoms with Crippen LogP contribution in [-0.2, 0) is 13.1 Å². The number of carbonyl (C=O) groups is 1. The maximum absolute atomic E-state index is 12.7. The molecule has 0 radical (unpaired) electrons. The van der Waals surface area contributed by atoms with Gasteiger partial charge in [-0.2, -0.15) is 5.10 Å². The zero-order valence-corrected chi connectivity index (χ0v) is 15.5. The van der Waals surface area contributed by atoms with Crippen LogP contribution < -0.4 is 0 Å². The minimum absolute atomic E-state index is 0.130. The highest BCUT2D eigenvalue weighted by atomic mass is 16.2. The van der Waals surface area contributed by atoms with Crippen molar-refractivity contribution in [2.75, 3.05) is 26.2 Å². The van der Waals surface area contributed by atoms with Crippen LogP contribution in [0.3, 0.4) is 0 Å². The van der Waals surface area contributed by atoms with Gasteiger partial charge in [0, 0.05) is 44.8 Å². The number of amides is 1. The van der Waals surface area contributed by atoms with E-state index in [2.05, 4.69) is 16.0 Å². The number of carbonyl (C=O) groups excluding carboxylic acids is 1. The molecule has 0 aromatic carbocycles. The summed E-state index contributed by atoms with van der Waals surface area (Å²) in [6.07, 6.45) is 5.13. The van der Waals surface area contributed by atoms with Gasteiger partial charge in [0.25, 0.3) is 5.91 Å². The molecule has 26 heavy (non-hydrogen) atoms. The van der Waals surface area contributed by atoms with E-state index in [1.165, 1.54) is 0 Å². The highest BCUT2D eigenvalue weighted by Crippen LogP contribution is 2.28. The molecular weight excluding hydrogens is 326 g/mol. The molecule has 2 aliphatic heterocycles. The molecule has 4 rings (SSSR count). The lowest BCUT2D eigenvalue weighted by atomic mass is 9.94. The molecule has 0 saturated carbocycles. The maximum atomic E-state index is 12.7. The minimum atomic E-state index is 0.130. The Hall–Kier alpha value is -2.21. The van der Waals surface area contributed by atoms with Crippen LogP contribution in [-0.4, -0.2) is 56.7 Å². The van der Waals surface area contributed by atoms with Gasteiger partial charge < -0.3 is 4.90 Å². The van der Waals surface area contributed by atoms with Crippen molar-refractivity contribution < 1.29 is 4.79 Å². The van der Waals surface area contributed by atoms with Crippen LogP contribution in [0.4, 0.5) is 0 Å². The Bertz CT molecular complexity index is 757. The average Bonchev–Trinajstić information content (AvgIpc) is 3.04. The molecule has 6 nitrogen and oxygen atoms in total. The van der Waals surface area contributed by atoms with Gasteiger partial charge in [0.2, 0.25) is 0 Å². The Kier molecular flexibility index (Phi) is 5.02. The monoisotopic (exact) mass is 353 g/mol. The molecule has 0 N–H and O–H groups in total. The zero-order valence-electron chi connectivity index (χ0n) is 15.5. The Balaban J connectivity index is 1.49. The first kappa shape index (κ1) is 17.2. The second-order valence-electron chi connectivity index (χ2n) is 7.31. The Morgan fingerprint density at radius 3 is 2.92 bits per heavy atom. The quantitative estimate of drug-likeness (QED) is 0.848. The highest BCUT2D eigenvalue weighted by Gasteiger charge is 2.28. The molecule has 138 valence electrons. The van der Waals surface area contributed by atoms with Crippen LogP contribution in [0, 0.1) is 0 Å². The van der Waals surface area contributed by atoms with E-state index in [1.54, 1.807) is 0 Å². The average molecular weight is 353 g/mol. The second-order valence-corrected chi connectivity index (χ2v) is 7.31. The van der Waals surface area contributed by atoms with E-state index in [0.717, 1.165) is 75.6 Å². The molecule has 2 aromatic rings. The van der Waals surface area contributed by atoms with Gasteiger partial charge in [-0.05, 0) is 50.9 Å². The van der Waals surface area contributed by atoms with Crippen molar-refractivity contribution in [3.8, 4) is 0 Å². The molecule has 2 aromatic heterocycles. The summed E-state index contributed by atoms with van der Waals surface area (Å²) >= 11 is 0. The third kappa shape index (κ3) is 3.51. The van der Waals surface area contributed by atoms with Gasteiger partial charge in [0.15, 0.2) is 0 Å². The fourth-order valence-electron chi connectivity index (χ4n) is 4.12. The number of hydrogen-bond donors (Lipinski definition) is 0. The van der Waals surface area contributed by atoms with E-state index >= 15 is 0 Å². The lowest BCUT2D eigenvalue weighted by Gasteiger charge is -2.31. The van der Waals surface area contributed by atoms with Crippen molar-refractivity contribution in [1.29, 1.82) is 0 Å². The van der Waals surface area contributed by atoms with E-state index in [0.29, 0.717) is 5.92 Å². The topological polar surface area (TPSA) is 54.3 Å². The standard InChI is InChI=1S/C20H27N5O/c1-2-24-11-6-12-25-19(20(24)26)13-18(22-25)16-7-5-10-23(14-16)15-17-8-3-4-9-21-17/h3-4,8-9,13,16H,2,5-7,10-12,14-15H2,1H3. The molecule has 1 atom stereocenters. The summed E-state index contributed by atoms with van der Waals surface area (Å²) in [5.41, 5.74) is 2.96. The zero-order chi connectivity index (χ0) is 17.9. The number of piperidine rings is 1. The predicted molar refractivity (Wildman–Crippen MR) is 99.9 cm³/mol. The van der Waals surface area contributed by atoms with E-state index in [4.69, 9.17) is 5.10 Å². The molecule has 0 spiro atoms. The molecule has 6 heteroatoms. The first-order valence-electron chi connectivity index (χ1n) is 9.74. The van der Waals surface area contributed by atoms with E-state index < -0.39 is 0 Å². The summed E-state index contributed by atoms with van der Waals surface area (Å²) < 4.78 is 1.94. The summed E-state index contributed by atoms with van der Waals surface area (Å²) in [6.45, 7) is 7.44. The fraction of sp³-hybridized carbons (Fsp3) is 0.550. The number of hydrogen-bond acceptors (Lipinski definition) is 4. The van der Waals surface area contributed by atoms with Crippen LogP contribution >= 0.6 is 0 Å². The fourth-order valence-corrected chi connectivity index (χ4v) is 4.12. The van der Waals surface area contributed by atoms with Crippen LogP contribution in [0.15, 0.2) is 30.5 Å². The second kappa shape index (κ2) is 7.58. The molecule has 1 unspecified atom stereocenters. The van der Waals surface area contributed by atoms with E-state index in [-0.39, 0.29) is 5.91 Å². The number of aryl methyl sites for hydroxylation is 1. The lowest BCUT2D eigenvalue weighted by molar-refractivity contribution is 0.0766. The van der Waals surface area contributed by atoms with Gasteiger partial charge in [-0.3, -0.25) is 19.4 Å². The van der Waals surface area contributed by atoms with Crippen molar-refractivity contribution in [2.24, 2.45) is 0 Å². The van der Waals surface area contributed by atoms with Crippen LogP contribution in [0.1, 0.15) is 54.0 Å². The third-order valence-corrected chi connectivity index (χ3v) is 5.52. The summed E-state index contributed by atoms with van der Waals surface area (Å²) in [5, 5.41) is 4.82. The first-order chi connectivity index (χ1) is 12.7. The smallest absolute Gasteiger partial charge is 0.272 e. The number of likely N-dealkylation sites (tertiary alicyclic amines) is 1. The van der Waals surface area contributed by atoms with Crippen molar-refractivity contribution in [1.82, 2.24) is 24.6 Å². The summed E-state index contributed by atoms with van der Waals surface area (Å²) in [6, 6.07) is 8.13. The SMILES string of the molecule is CCN1CCCn2nc(C3CCCN(Cc4ccccn4)C3)cc2C1=O. The Labute approximate surface area is 154 Å². The molecule has 0 bridgehead atoms. The van der Waals surface area contributed by atoms with Crippen molar-refractivity contribution in [3.63, 3.8) is 0 Å². The molecule has 1 saturated heterocycles. The normalized spacial score (nSPS) is 21.5. The van der Waals surface area contributed by atoms with Crippen molar-refractivity contribution in [2.45, 2.75) is 45.2 Å². The lowest BCUT2D eigenvalue weighted by Crippen LogP contribution is -2.34. The van der Waals surface area contributed by atoms with Gasteiger partial charge in [0.1, 0.15) is 5.69 Å². The summed E-state index contributed by atoms with van der Waals surface area (Å²) in [4.78, 5) is 21.6. The number of pyridine rings is 1. The summed E-state index contributed by atoms with van der Waals surface area (Å²) in [5.74, 6) is 0.527. The van der Waals surface area contributed by atoms with Crippen LogP contribution in [0.25, 0.3) is 0 Å². The molecule has 1 fully saturated rings. The van der Waals surface area contributed by atoms with Crippen LogP contribution in [0.5, 0.6) is 0 Å². The number of rotatable bonds is 4. The number of aromatic nitrogens is 3. The summed E-state index contributed by atoms with van der Waals surface area (Å²) in [7, 11) is 0. The van der Waals surface area contributed by atoms with Gasteiger partial charge >= 0.3 is 0 Å². The molecule has 2 aliphatic rings. The predicted octanol–water partition coefficient (Wildman–Crippen LogP) is 2.52. The Morgan fingerprint density at radius 1 is 1.19 bits per heavy atom. The van der Waals surface area contributed by atoms with Crippen LogP contribution in [0.2, 0.25) is 0 Å². The molecule has 0 aliphatic carbocycles. The third-order valence-electron chi connectivity index (χ3n) is 5.52. The Morgan fingerprint density at radius 2 is 2.12 bits per heavy atom. The minimum Gasteiger partial charge on any atom is -0.338 e. The van der Waals surface area contributed by atoms with E-state index in [9.17, 15) is 4.79 Å². The van der Waals surface area contributed by atoms with Gasteiger partial charge in [-0.15, -0.1) is 0 Å². The largest absolute Gasteiger partial charge is 0.338 e. The van der Waals surface area contributed by atoms with Crippen molar-refractivity contribution in [3.05, 3.63) is 47.5 Å². The highest BCUT2D eigenvalue weighted by molar-refractivity contribution is 5.93. The molecule has 4 heterocycles. The van der Waals surface area contributed by atoms with Gasteiger partial charge in [-0.1, -0.05) is 6.07 Å². The molecule has 1 amide bonds. The van der Waals surface area contributed by atoms with Gasteiger partial charge in [-0.25, -0.2) is 0 Å². The van der Waals surface area contributed by atoms with E-state index in [1.807, 2.05) is 40.9 Å². The number of nitrogens with zero attached hydrogens (tertiary/aromatic N) is 5. The molecular formula is C20H27N5O. The number of fused-ring (bicyclic) bond motifs is 1.